The third-order valence-corrected chi connectivity index (χ3v) is 8.36. The molecule has 1 aromatic carbocycles. The molecule has 0 spiro atoms. The van der Waals surface area contributed by atoms with Gasteiger partial charge in [-0.3, -0.25) is 19.3 Å². The monoisotopic (exact) mass is 545 g/mol. The average molecular weight is 546 g/mol. The summed E-state index contributed by atoms with van der Waals surface area (Å²) in [6, 6.07) is 3.78. The molecule has 0 saturated carbocycles. The second kappa shape index (κ2) is 10.8. The van der Waals surface area contributed by atoms with Crippen molar-refractivity contribution in [2.24, 2.45) is 0 Å². The standard InChI is InChI=1S/C22H25Cl2N3O5S2/c1-10(2)26(11(3)4)19(29)13-8-34-21-17(20(30)27(21)18(13)22(31)32)25-16(28)9-33-15-7-12(23)5-6-14(15)24/h5-7,10-11,17,21H,8-9H2,1-4H3,(H,25,28)(H,31,32)/t17?,21-/m0/s1. The highest BCUT2D eigenvalue weighted by Gasteiger charge is 2.55. The fourth-order valence-corrected chi connectivity index (χ4v) is 6.59. The molecule has 1 saturated heterocycles. The van der Waals surface area contributed by atoms with Crippen LogP contribution >= 0.6 is 46.7 Å². The molecule has 0 aromatic heterocycles. The van der Waals surface area contributed by atoms with Crippen LogP contribution in [0.5, 0.6) is 0 Å². The zero-order valence-electron chi connectivity index (χ0n) is 19.0. The smallest absolute Gasteiger partial charge is 0.353 e. The molecule has 184 valence electrons. The summed E-state index contributed by atoms with van der Waals surface area (Å²) in [5, 5.41) is 12.9. The van der Waals surface area contributed by atoms with Gasteiger partial charge >= 0.3 is 5.97 Å². The van der Waals surface area contributed by atoms with Crippen molar-refractivity contribution in [2.75, 3.05) is 11.5 Å². The summed E-state index contributed by atoms with van der Waals surface area (Å²) in [6.45, 7) is 7.42. The first-order chi connectivity index (χ1) is 15.9. The Morgan fingerprint density at radius 2 is 1.88 bits per heavy atom. The van der Waals surface area contributed by atoms with E-state index in [0.717, 1.165) is 4.90 Å². The SMILES string of the molecule is CC(C)N(C(=O)C1=C(C(=O)O)N2C(=O)C(NC(=O)CSc3cc(Cl)ccc3Cl)[C@@H]2SC1)C(C)C. The number of benzene rings is 1. The van der Waals surface area contributed by atoms with Crippen LogP contribution in [0.25, 0.3) is 0 Å². The summed E-state index contributed by atoms with van der Waals surface area (Å²) in [7, 11) is 0. The third-order valence-electron chi connectivity index (χ3n) is 5.34. The van der Waals surface area contributed by atoms with Gasteiger partial charge in [-0.25, -0.2) is 4.79 Å². The van der Waals surface area contributed by atoms with Crippen molar-refractivity contribution in [3.63, 3.8) is 0 Å². The highest BCUT2D eigenvalue weighted by Crippen LogP contribution is 2.41. The molecule has 2 N–H and O–H groups in total. The molecular weight excluding hydrogens is 521 g/mol. The van der Waals surface area contributed by atoms with Crippen molar-refractivity contribution in [3.8, 4) is 0 Å². The Morgan fingerprint density at radius 3 is 2.47 bits per heavy atom. The lowest BCUT2D eigenvalue weighted by Gasteiger charge is -2.49. The molecule has 12 heteroatoms. The van der Waals surface area contributed by atoms with E-state index in [-0.39, 0.29) is 34.9 Å². The lowest BCUT2D eigenvalue weighted by Crippen LogP contribution is -2.71. The third kappa shape index (κ3) is 5.35. The Morgan fingerprint density at radius 1 is 1.24 bits per heavy atom. The molecule has 0 bridgehead atoms. The second-order valence-electron chi connectivity index (χ2n) is 8.35. The van der Waals surface area contributed by atoms with E-state index >= 15 is 0 Å². The van der Waals surface area contributed by atoms with Gasteiger partial charge in [0.2, 0.25) is 5.91 Å². The molecule has 8 nitrogen and oxygen atoms in total. The second-order valence-corrected chi connectivity index (χ2v) is 11.3. The normalized spacial score (nSPS) is 19.8. The number of carboxylic acid groups (broad SMARTS) is 1. The zero-order chi connectivity index (χ0) is 25.3. The number of hydrogen-bond donors (Lipinski definition) is 2. The summed E-state index contributed by atoms with van der Waals surface area (Å²) in [5.41, 5.74) is -0.226. The maximum atomic E-state index is 13.2. The Bertz CT molecular complexity index is 1050. The molecule has 1 fully saturated rings. The fraction of sp³-hybridized carbons (Fsp3) is 0.455. The number of carboxylic acids is 1. The number of nitrogens with one attached hydrogen (secondary N) is 1. The predicted molar refractivity (Wildman–Crippen MR) is 134 cm³/mol. The molecule has 34 heavy (non-hydrogen) atoms. The van der Waals surface area contributed by atoms with Crippen LogP contribution in [0.2, 0.25) is 10.0 Å². The molecule has 0 aliphatic carbocycles. The molecule has 2 aliphatic heterocycles. The van der Waals surface area contributed by atoms with Crippen LogP contribution in [0.4, 0.5) is 0 Å². The maximum Gasteiger partial charge on any atom is 0.353 e. The Labute approximate surface area is 216 Å². The van der Waals surface area contributed by atoms with Crippen LogP contribution in [0.3, 0.4) is 0 Å². The maximum absolute atomic E-state index is 13.2. The van der Waals surface area contributed by atoms with Crippen LogP contribution in [0.1, 0.15) is 27.7 Å². The van der Waals surface area contributed by atoms with E-state index in [1.807, 2.05) is 27.7 Å². The van der Waals surface area contributed by atoms with Crippen LogP contribution in [0, 0.1) is 0 Å². The van der Waals surface area contributed by atoms with Gasteiger partial charge < -0.3 is 15.3 Å². The molecule has 2 atom stereocenters. The van der Waals surface area contributed by atoms with Crippen molar-refractivity contribution in [2.45, 2.75) is 56.1 Å². The molecule has 0 radical (unpaired) electrons. The first-order valence-corrected chi connectivity index (χ1v) is 13.3. The van der Waals surface area contributed by atoms with Gasteiger partial charge in [0.25, 0.3) is 11.8 Å². The minimum atomic E-state index is -1.34. The van der Waals surface area contributed by atoms with Crippen molar-refractivity contribution in [1.29, 1.82) is 0 Å². The molecule has 2 heterocycles. The lowest BCUT2D eigenvalue weighted by atomic mass is 10.0. The van der Waals surface area contributed by atoms with Crippen LogP contribution in [-0.2, 0) is 19.2 Å². The number of fused-ring (bicyclic) bond motifs is 1. The topological polar surface area (TPSA) is 107 Å². The van der Waals surface area contributed by atoms with E-state index in [1.165, 1.54) is 23.5 Å². The van der Waals surface area contributed by atoms with E-state index in [2.05, 4.69) is 5.32 Å². The summed E-state index contributed by atoms with van der Waals surface area (Å²) < 4.78 is 0. The van der Waals surface area contributed by atoms with E-state index in [9.17, 15) is 24.3 Å². The first-order valence-electron chi connectivity index (χ1n) is 10.5. The van der Waals surface area contributed by atoms with Gasteiger partial charge in [-0.05, 0) is 45.9 Å². The number of amides is 3. The summed E-state index contributed by atoms with van der Waals surface area (Å²) >= 11 is 14.5. The minimum Gasteiger partial charge on any atom is -0.477 e. The molecule has 1 unspecified atom stereocenters. The number of carbonyl (C=O) groups is 4. The number of carbonyl (C=O) groups excluding carboxylic acids is 3. The highest BCUT2D eigenvalue weighted by molar-refractivity contribution is 8.00. The highest BCUT2D eigenvalue weighted by atomic mass is 35.5. The number of rotatable bonds is 8. The van der Waals surface area contributed by atoms with Crippen molar-refractivity contribution >= 4 is 70.4 Å². The van der Waals surface area contributed by atoms with Gasteiger partial charge in [0.1, 0.15) is 17.1 Å². The molecule has 2 aliphatic rings. The van der Waals surface area contributed by atoms with Crippen LogP contribution < -0.4 is 5.32 Å². The number of thioether (sulfide) groups is 2. The summed E-state index contributed by atoms with van der Waals surface area (Å²) in [5.74, 6) is -2.56. The Kier molecular flexibility index (Phi) is 8.49. The Balaban J connectivity index is 1.72. The lowest BCUT2D eigenvalue weighted by molar-refractivity contribution is -0.151. The van der Waals surface area contributed by atoms with Crippen LogP contribution in [-0.4, -0.2) is 73.6 Å². The van der Waals surface area contributed by atoms with Crippen molar-refractivity contribution < 1.29 is 24.3 Å². The number of nitrogens with zero attached hydrogens (tertiary/aromatic N) is 2. The van der Waals surface area contributed by atoms with Gasteiger partial charge in [0.05, 0.1) is 16.3 Å². The predicted octanol–water partition coefficient (Wildman–Crippen LogP) is 3.47. The molecule has 3 rings (SSSR count). The number of β-lactam (4-membered cyclic amide) rings is 1. The van der Waals surface area contributed by atoms with Gasteiger partial charge in [-0.1, -0.05) is 23.2 Å². The fourth-order valence-electron chi connectivity index (χ4n) is 3.95. The van der Waals surface area contributed by atoms with Crippen LogP contribution in [0.15, 0.2) is 34.4 Å². The van der Waals surface area contributed by atoms with Crippen molar-refractivity contribution in [1.82, 2.24) is 15.1 Å². The van der Waals surface area contributed by atoms with Gasteiger partial charge in [-0.2, -0.15) is 0 Å². The van der Waals surface area contributed by atoms with Gasteiger partial charge in [-0.15, -0.1) is 23.5 Å². The van der Waals surface area contributed by atoms with E-state index in [0.29, 0.717) is 14.9 Å². The number of aliphatic carboxylic acids is 1. The number of halogens is 2. The molecular formula is C22H25Cl2N3O5S2. The minimum absolute atomic E-state index is 0.00429. The van der Waals surface area contributed by atoms with E-state index < -0.39 is 35.1 Å². The summed E-state index contributed by atoms with van der Waals surface area (Å²) in [6.07, 6.45) is 0. The largest absolute Gasteiger partial charge is 0.477 e. The van der Waals surface area contributed by atoms with E-state index in [4.69, 9.17) is 23.2 Å². The average Bonchev–Trinajstić information content (AvgIpc) is 2.76. The van der Waals surface area contributed by atoms with E-state index in [1.54, 1.807) is 23.1 Å². The summed E-state index contributed by atoms with van der Waals surface area (Å²) in [4.78, 5) is 53.9. The van der Waals surface area contributed by atoms with Crippen molar-refractivity contribution in [3.05, 3.63) is 39.5 Å². The van der Waals surface area contributed by atoms with Gasteiger partial charge in [0.15, 0.2) is 0 Å². The molecule has 3 amide bonds. The van der Waals surface area contributed by atoms with Gasteiger partial charge in [0, 0.05) is 27.8 Å². The zero-order valence-corrected chi connectivity index (χ0v) is 22.1. The molecule has 1 aromatic rings. The Hall–Kier alpha value is -1.88. The first kappa shape index (κ1) is 26.7. The quantitative estimate of drug-likeness (QED) is 0.380. The number of hydrogen-bond acceptors (Lipinski definition) is 6.